The van der Waals surface area contributed by atoms with E-state index in [1.165, 1.54) is 0 Å². The molecule has 19 heavy (non-hydrogen) atoms. The number of nitrogens with zero attached hydrogens (tertiary/aromatic N) is 1. The lowest BCUT2D eigenvalue weighted by Crippen LogP contribution is -2.18. The molecule has 1 heterocycles. The molecule has 0 aliphatic heterocycles. The van der Waals surface area contributed by atoms with Crippen molar-refractivity contribution in [1.82, 2.24) is 4.90 Å². The van der Waals surface area contributed by atoms with Gasteiger partial charge in [0.2, 0.25) is 0 Å². The zero-order valence-corrected chi connectivity index (χ0v) is 10.9. The van der Waals surface area contributed by atoms with Crippen molar-refractivity contribution >= 4 is 5.97 Å². The third-order valence-corrected chi connectivity index (χ3v) is 2.91. The minimum Gasteiger partial charge on any atom is -0.481 e. The number of carboxylic acids is 1. The highest BCUT2D eigenvalue weighted by molar-refractivity contribution is 5.70. The Morgan fingerprint density at radius 3 is 2.53 bits per heavy atom. The molecule has 0 atom stereocenters. The molecule has 4 nitrogen and oxygen atoms in total. The minimum atomic E-state index is -0.805. The van der Waals surface area contributed by atoms with E-state index in [0.29, 0.717) is 13.1 Å². The molecule has 0 bridgehead atoms. The van der Waals surface area contributed by atoms with Crippen LogP contribution < -0.4 is 0 Å². The van der Waals surface area contributed by atoms with E-state index in [4.69, 9.17) is 9.52 Å². The molecular weight excluding hydrogens is 242 g/mol. The van der Waals surface area contributed by atoms with Gasteiger partial charge in [0.1, 0.15) is 5.76 Å². The predicted molar refractivity (Wildman–Crippen MR) is 71.7 cm³/mol. The van der Waals surface area contributed by atoms with Crippen LogP contribution in [0.2, 0.25) is 0 Å². The summed E-state index contributed by atoms with van der Waals surface area (Å²) in [6, 6.07) is 11.4. The van der Waals surface area contributed by atoms with Crippen LogP contribution in [0.1, 0.15) is 16.9 Å². The summed E-state index contributed by atoms with van der Waals surface area (Å²) in [6.45, 7) is 1.40. The van der Waals surface area contributed by atoms with Crippen LogP contribution in [-0.4, -0.2) is 23.0 Å². The van der Waals surface area contributed by atoms with Crippen LogP contribution in [-0.2, 0) is 24.3 Å². The highest BCUT2D eigenvalue weighted by Crippen LogP contribution is 2.14. The highest BCUT2D eigenvalue weighted by Gasteiger charge is 2.09. The van der Waals surface area contributed by atoms with Gasteiger partial charge in [0.05, 0.1) is 19.2 Å². The first kappa shape index (κ1) is 13.4. The number of furan rings is 1. The van der Waals surface area contributed by atoms with Crippen LogP contribution in [0.25, 0.3) is 0 Å². The summed E-state index contributed by atoms with van der Waals surface area (Å²) in [5.41, 5.74) is 1.90. The molecule has 1 N–H and O–H groups in total. The molecule has 2 rings (SSSR count). The fraction of sp³-hybridized carbons (Fsp3) is 0.267. The fourth-order valence-corrected chi connectivity index (χ4v) is 2.06. The second-order valence-corrected chi connectivity index (χ2v) is 4.59. The molecule has 1 aromatic heterocycles. The van der Waals surface area contributed by atoms with Crippen LogP contribution in [0.3, 0.4) is 0 Å². The van der Waals surface area contributed by atoms with Gasteiger partial charge in [-0.15, -0.1) is 0 Å². The van der Waals surface area contributed by atoms with Crippen LogP contribution in [0.4, 0.5) is 0 Å². The first-order chi connectivity index (χ1) is 9.15. The van der Waals surface area contributed by atoms with Gasteiger partial charge in [-0.05, 0) is 30.3 Å². The van der Waals surface area contributed by atoms with Gasteiger partial charge in [-0.3, -0.25) is 9.69 Å². The molecule has 0 spiro atoms. The minimum absolute atomic E-state index is 0.0603. The lowest BCUT2D eigenvalue weighted by Gasteiger charge is -2.17. The summed E-state index contributed by atoms with van der Waals surface area (Å²) < 4.78 is 5.30. The number of hydrogen-bond donors (Lipinski definition) is 1. The van der Waals surface area contributed by atoms with Crippen molar-refractivity contribution in [2.24, 2.45) is 0 Å². The van der Waals surface area contributed by atoms with Crippen LogP contribution in [0, 0.1) is 0 Å². The number of benzene rings is 1. The molecule has 1 aromatic carbocycles. The standard InChI is InChI=1S/C15H17NO3/c1-16(11-14-7-4-8-19-14)10-13-6-3-2-5-12(13)9-15(17)18/h2-8H,9-11H2,1H3,(H,17,18). The van der Waals surface area contributed by atoms with E-state index < -0.39 is 5.97 Å². The van der Waals surface area contributed by atoms with Crippen molar-refractivity contribution in [2.75, 3.05) is 7.05 Å². The average molecular weight is 259 g/mol. The van der Waals surface area contributed by atoms with E-state index in [1.54, 1.807) is 6.26 Å². The van der Waals surface area contributed by atoms with Gasteiger partial charge in [-0.2, -0.15) is 0 Å². The summed E-state index contributed by atoms with van der Waals surface area (Å²) in [5.74, 6) is 0.0966. The van der Waals surface area contributed by atoms with Gasteiger partial charge < -0.3 is 9.52 Å². The number of carboxylic acid groups (broad SMARTS) is 1. The van der Waals surface area contributed by atoms with Crippen molar-refractivity contribution in [3.63, 3.8) is 0 Å². The molecule has 0 unspecified atom stereocenters. The summed E-state index contributed by atoms with van der Waals surface area (Å²) in [6.07, 6.45) is 1.71. The van der Waals surface area contributed by atoms with Crippen LogP contribution >= 0.6 is 0 Å². The van der Waals surface area contributed by atoms with E-state index in [1.807, 2.05) is 43.4 Å². The molecule has 0 saturated heterocycles. The second-order valence-electron chi connectivity index (χ2n) is 4.59. The number of carbonyl (C=O) groups is 1. The Balaban J connectivity index is 2.03. The quantitative estimate of drug-likeness (QED) is 0.866. The van der Waals surface area contributed by atoms with Gasteiger partial charge >= 0.3 is 5.97 Å². The monoisotopic (exact) mass is 259 g/mol. The zero-order valence-electron chi connectivity index (χ0n) is 10.9. The predicted octanol–water partition coefficient (Wildman–Crippen LogP) is 2.54. The molecule has 0 aliphatic rings. The van der Waals surface area contributed by atoms with Crippen molar-refractivity contribution < 1.29 is 14.3 Å². The Hall–Kier alpha value is -2.07. The highest BCUT2D eigenvalue weighted by atomic mass is 16.4. The smallest absolute Gasteiger partial charge is 0.307 e. The van der Waals surface area contributed by atoms with Gasteiger partial charge in [0, 0.05) is 6.54 Å². The maximum Gasteiger partial charge on any atom is 0.307 e. The van der Waals surface area contributed by atoms with E-state index in [9.17, 15) is 4.79 Å². The number of rotatable bonds is 6. The Morgan fingerprint density at radius 1 is 1.16 bits per heavy atom. The van der Waals surface area contributed by atoms with E-state index in [-0.39, 0.29) is 6.42 Å². The normalized spacial score (nSPS) is 10.8. The average Bonchev–Trinajstić information content (AvgIpc) is 2.83. The van der Waals surface area contributed by atoms with Gasteiger partial charge in [0.25, 0.3) is 0 Å². The molecule has 0 saturated carbocycles. The second kappa shape index (κ2) is 6.20. The number of hydrogen-bond acceptors (Lipinski definition) is 3. The molecule has 0 aliphatic carbocycles. The van der Waals surface area contributed by atoms with E-state index in [2.05, 4.69) is 4.90 Å². The Bertz CT molecular complexity index is 534. The summed E-state index contributed by atoms with van der Waals surface area (Å²) >= 11 is 0. The van der Waals surface area contributed by atoms with Crippen LogP contribution in [0.5, 0.6) is 0 Å². The third kappa shape index (κ3) is 3.96. The van der Waals surface area contributed by atoms with Crippen LogP contribution in [0.15, 0.2) is 47.1 Å². The molecular formula is C15H17NO3. The lowest BCUT2D eigenvalue weighted by molar-refractivity contribution is -0.136. The topological polar surface area (TPSA) is 53.7 Å². The SMILES string of the molecule is CN(Cc1ccco1)Cc1ccccc1CC(=O)O. The summed E-state index contributed by atoms with van der Waals surface area (Å²) in [5, 5.41) is 8.90. The summed E-state index contributed by atoms with van der Waals surface area (Å²) in [4.78, 5) is 12.9. The van der Waals surface area contributed by atoms with Crippen molar-refractivity contribution in [1.29, 1.82) is 0 Å². The molecule has 2 aromatic rings. The largest absolute Gasteiger partial charge is 0.481 e. The molecule has 0 radical (unpaired) electrons. The van der Waals surface area contributed by atoms with E-state index >= 15 is 0 Å². The molecule has 4 heteroatoms. The third-order valence-electron chi connectivity index (χ3n) is 2.91. The fourth-order valence-electron chi connectivity index (χ4n) is 2.06. The van der Waals surface area contributed by atoms with Gasteiger partial charge in [-0.1, -0.05) is 24.3 Å². The van der Waals surface area contributed by atoms with Gasteiger partial charge in [0.15, 0.2) is 0 Å². The lowest BCUT2D eigenvalue weighted by atomic mass is 10.0. The molecule has 0 amide bonds. The maximum atomic E-state index is 10.8. The first-order valence-electron chi connectivity index (χ1n) is 6.14. The Morgan fingerprint density at radius 2 is 1.89 bits per heavy atom. The summed E-state index contributed by atoms with van der Waals surface area (Å²) in [7, 11) is 1.99. The molecule has 0 fully saturated rings. The van der Waals surface area contributed by atoms with Crippen molar-refractivity contribution in [3.8, 4) is 0 Å². The number of aliphatic carboxylic acids is 1. The van der Waals surface area contributed by atoms with Crippen molar-refractivity contribution in [3.05, 3.63) is 59.5 Å². The van der Waals surface area contributed by atoms with E-state index in [0.717, 1.165) is 16.9 Å². The zero-order chi connectivity index (χ0) is 13.7. The Kier molecular flexibility index (Phi) is 4.36. The Labute approximate surface area is 112 Å². The first-order valence-corrected chi connectivity index (χ1v) is 6.14. The van der Waals surface area contributed by atoms with Gasteiger partial charge in [-0.25, -0.2) is 0 Å². The maximum absolute atomic E-state index is 10.8. The van der Waals surface area contributed by atoms with Crippen molar-refractivity contribution in [2.45, 2.75) is 19.5 Å². The molecule has 100 valence electrons.